The van der Waals surface area contributed by atoms with E-state index < -0.39 is 6.43 Å². The summed E-state index contributed by atoms with van der Waals surface area (Å²) in [6, 6.07) is 0.326. The van der Waals surface area contributed by atoms with Gasteiger partial charge in [0, 0.05) is 32.7 Å². The van der Waals surface area contributed by atoms with Gasteiger partial charge in [0.25, 0.3) is 6.43 Å². The third-order valence-electron chi connectivity index (χ3n) is 4.26. The zero-order valence-corrected chi connectivity index (χ0v) is 16.3. The molecule has 0 aromatic heterocycles. The van der Waals surface area contributed by atoms with Crippen LogP contribution in [0.1, 0.15) is 39.5 Å². The highest BCUT2D eigenvalue weighted by Gasteiger charge is 2.22. The molecular weight excluding hydrogens is 401 g/mol. The topological polar surface area (TPSA) is 39.7 Å². The second-order valence-corrected chi connectivity index (χ2v) is 5.75. The van der Waals surface area contributed by atoms with E-state index in [1.165, 1.54) is 0 Å². The first-order valence-corrected chi connectivity index (χ1v) is 8.06. The fraction of sp³-hybridized carbons (Fsp3) is 0.933. The number of halogens is 3. The molecule has 22 heavy (non-hydrogen) atoms. The highest BCUT2D eigenvalue weighted by Crippen LogP contribution is 2.12. The Morgan fingerprint density at radius 1 is 1.23 bits per heavy atom. The van der Waals surface area contributed by atoms with Crippen LogP contribution in [0.2, 0.25) is 0 Å². The van der Waals surface area contributed by atoms with Crippen LogP contribution in [0, 0.1) is 5.92 Å². The number of hydrogen-bond donors (Lipinski definition) is 2. The Morgan fingerprint density at radius 2 is 1.82 bits per heavy atom. The van der Waals surface area contributed by atoms with Gasteiger partial charge in [-0.2, -0.15) is 0 Å². The summed E-state index contributed by atoms with van der Waals surface area (Å²) in [5.74, 6) is 1.49. The van der Waals surface area contributed by atoms with Crippen LogP contribution in [-0.4, -0.2) is 56.6 Å². The van der Waals surface area contributed by atoms with Crippen LogP contribution in [0.3, 0.4) is 0 Å². The number of guanidine groups is 1. The lowest BCUT2D eigenvalue weighted by Crippen LogP contribution is -2.49. The van der Waals surface area contributed by atoms with Gasteiger partial charge in [-0.1, -0.05) is 26.7 Å². The predicted octanol–water partition coefficient (Wildman–Crippen LogP) is 2.94. The third-order valence-corrected chi connectivity index (χ3v) is 4.26. The van der Waals surface area contributed by atoms with Gasteiger partial charge in [-0.3, -0.25) is 9.89 Å². The zero-order chi connectivity index (χ0) is 15.7. The second-order valence-electron chi connectivity index (χ2n) is 5.75. The Hall–Kier alpha value is -0.180. The lowest BCUT2D eigenvalue weighted by Gasteiger charge is -2.33. The van der Waals surface area contributed by atoms with Crippen molar-refractivity contribution in [2.24, 2.45) is 10.9 Å². The number of nitrogens with one attached hydrogen (secondary N) is 2. The average Bonchev–Trinajstić information content (AvgIpc) is 2.48. The van der Waals surface area contributed by atoms with Gasteiger partial charge in [-0.15, -0.1) is 24.0 Å². The van der Waals surface area contributed by atoms with Crippen LogP contribution in [0.4, 0.5) is 8.78 Å². The first kappa shape index (κ1) is 21.8. The summed E-state index contributed by atoms with van der Waals surface area (Å²) in [5, 5.41) is 6.78. The largest absolute Gasteiger partial charge is 0.356 e. The van der Waals surface area contributed by atoms with E-state index in [-0.39, 0.29) is 30.5 Å². The summed E-state index contributed by atoms with van der Waals surface area (Å²) in [4.78, 5) is 6.09. The van der Waals surface area contributed by atoms with Gasteiger partial charge in [0.2, 0.25) is 0 Å². The van der Waals surface area contributed by atoms with E-state index in [1.807, 2.05) is 4.90 Å². The average molecular weight is 432 g/mol. The summed E-state index contributed by atoms with van der Waals surface area (Å²) in [6.45, 7) is 6.68. The van der Waals surface area contributed by atoms with Gasteiger partial charge in [0.15, 0.2) is 5.96 Å². The zero-order valence-electron chi connectivity index (χ0n) is 13.9. The van der Waals surface area contributed by atoms with Crippen LogP contribution < -0.4 is 10.6 Å². The van der Waals surface area contributed by atoms with Gasteiger partial charge >= 0.3 is 0 Å². The fourth-order valence-corrected chi connectivity index (χ4v) is 2.66. The molecule has 0 radical (unpaired) electrons. The molecule has 0 amide bonds. The Kier molecular flexibility index (Phi) is 12.2. The van der Waals surface area contributed by atoms with Crippen LogP contribution in [0.5, 0.6) is 0 Å². The van der Waals surface area contributed by atoms with E-state index in [9.17, 15) is 8.78 Å². The van der Waals surface area contributed by atoms with Crippen molar-refractivity contribution in [3.05, 3.63) is 0 Å². The minimum atomic E-state index is -2.23. The van der Waals surface area contributed by atoms with E-state index >= 15 is 0 Å². The molecule has 1 aliphatic heterocycles. The van der Waals surface area contributed by atoms with E-state index in [4.69, 9.17) is 0 Å². The van der Waals surface area contributed by atoms with Gasteiger partial charge in [0.1, 0.15) is 0 Å². The molecule has 0 aromatic carbocycles. The van der Waals surface area contributed by atoms with Crippen molar-refractivity contribution >= 4 is 29.9 Å². The molecular formula is C15H31F2IN4. The molecule has 0 atom stereocenters. The van der Waals surface area contributed by atoms with E-state index in [1.54, 1.807) is 7.05 Å². The second kappa shape index (κ2) is 12.3. The summed E-state index contributed by atoms with van der Waals surface area (Å²) in [6.07, 6.45) is 1.86. The summed E-state index contributed by atoms with van der Waals surface area (Å²) in [5.41, 5.74) is 0. The first-order chi connectivity index (χ1) is 10.1. The minimum Gasteiger partial charge on any atom is -0.356 e. The maximum Gasteiger partial charge on any atom is 0.251 e. The number of hydrogen-bond acceptors (Lipinski definition) is 2. The van der Waals surface area contributed by atoms with E-state index in [0.717, 1.165) is 51.3 Å². The molecule has 0 spiro atoms. The predicted molar refractivity (Wildman–Crippen MR) is 99.5 cm³/mol. The van der Waals surface area contributed by atoms with Crippen LogP contribution in [0.15, 0.2) is 4.99 Å². The third kappa shape index (κ3) is 8.45. The first-order valence-electron chi connectivity index (χ1n) is 8.06. The van der Waals surface area contributed by atoms with Crippen molar-refractivity contribution in [1.82, 2.24) is 15.5 Å². The SMILES string of the molecule is CCC(CC)CNC(=NC)NC1CCN(CC(F)F)CC1.I. The highest BCUT2D eigenvalue weighted by atomic mass is 127. The molecule has 4 nitrogen and oxygen atoms in total. The Balaban J connectivity index is 0.00000441. The van der Waals surface area contributed by atoms with Crippen molar-refractivity contribution in [3.63, 3.8) is 0 Å². The van der Waals surface area contributed by atoms with Gasteiger partial charge < -0.3 is 10.6 Å². The van der Waals surface area contributed by atoms with Crippen LogP contribution in [0.25, 0.3) is 0 Å². The van der Waals surface area contributed by atoms with E-state index in [2.05, 4.69) is 29.5 Å². The fourth-order valence-electron chi connectivity index (χ4n) is 2.66. The number of rotatable bonds is 7. The summed E-state index contributed by atoms with van der Waals surface area (Å²) < 4.78 is 24.7. The van der Waals surface area contributed by atoms with Gasteiger partial charge in [0.05, 0.1) is 6.54 Å². The molecule has 2 N–H and O–H groups in total. The van der Waals surface area contributed by atoms with Crippen molar-refractivity contribution in [3.8, 4) is 0 Å². The molecule has 0 bridgehead atoms. The van der Waals surface area contributed by atoms with Crippen molar-refractivity contribution in [1.29, 1.82) is 0 Å². The number of piperidine rings is 1. The molecule has 0 unspecified atom stereocenters. The standard InChI is InChI=1S/C15H30F2N4.HI/c1-4-12(5-2)10-19-15(18-3)20-13-6-8-21(9-7-13)11-14(16)17;/h12-14H,4-11H2,1-3H3,(H2,18,19,20);1H. The Bertz CT molecular complexity index is 304. The maximum absolute atomic E-state index is 12.3. The molecule has 1 fully saturated rings. The molecule has 1 aliphatic rings. The Labute approximate surface area is 150 Å². The molecule has 1 rings (SSSR count). The number of likely N-dealkylation sites (tertiary alicyclic amines) is 1. The van der Waals surface area contributed by atoms with Crippen molar-refractivity contribution < 1.29 is 8.78 Å². The summed E-state index contributed by atoms with van der Waals surface area (Å²) in [7, 11) is 1.77. The molecule has 1 heterocycles. The number of nitrogens with zero attached hydrogens (tertiary/aromatic N) is 2. The minimum absolute atomic E-state index is 0. The number of alkyl halides is 2. The van der Waals surface area contributed by atoms with Crippen LogP contribution >= 0.6 is 24.0 Å². The Morgan fingerprint density at radius 3 is 2.27 bits per heavy atom. The normalized spacial score (nSPS) is 17.7. The maximum atomic E-state index is 12.3. The molecule has 0 aromatic rings. The lowest BCUT2D eigenvalue weighted by atomic mass is 10.0. The smallest absolute Gasteiger partial charge is 0.251 e. The molecule has 0 aliphatic carbocycles. The molecule has 0 saturated carbocycles. The lowest BCUT2D eigenvalue weighted by molar-refractivity contribution is 0.0744. The van der Waals surface area contributed by atoms with Gasteiger partial charge in [-0.25, -0.2) is 8.78 Å². The monoisotopic (exact) mass is 432 g/mol. The molecule has 7 heteroatoms. The molecule has 1 saturated heterocycles. The quantitative estimate of drug-likeness (QED) is 0.369. The molecule has 132 valence electrons. The summed E-state index contributed by atoms with van der Waals surface area (Å²) >= 11 is 0. The highest BCUT2D eigenvalue weighted by molar-refractivity contribution is 14.0. The van der Waals surface area contributed by atoms with Crippen LogP contribution in [-0.2, 0) is 0 Å². The van der Waals surface area contributed by atoms with Gasteiger partial charge in [-0.05, 0) is 18.8 Å². The van der Waals surface area contributed by atoms with Crippen molar-refractivity contribution in [2.75, 3.05) is 33.2 Å². The van der Waals surface area contributed by atoms with E-state index in [0.29, 0.717) is 12.0 Å². The number of aliphatic imine (C=N–C) groups is 1. The van der Waals surface area contributed by atoms with Crippen molar-refractivity contribution in [2.45, 2.75) is 52.0 Å².